The highest BCUT2D eigenvalue weighted by molar-refractivity contribution is 8.01. The topological polar surface area (TPSA) is 76.2 Å². The van der Waals surface area contributed by atoms with Gasteiger partial charge in [-0.25, -0.2) is 14.2 Å². The zero-order valence-corrected chi connectivity index (χ0v) is 33.0. The molecule has 5 aromatic rings. The van der Waals surface area contributed by atoms with Gasteiger partial charge in [0.15, 0.2) is 6.17 Å². The lowest BCUT2D eigenvalue weighted by Crippen LogP contribution is -2.69. The maximum Gasteiger partial charge on any atom is 0.346 e. The van der Waals surface area contributed by atoms with Crippen molar-refractivity contribution in [2.75, 3.05) is 11.9 Å². The smallest absolute Gasteiger partial charge is 0.346 e. The van der Waals surface area contributed by atoms with Crippen LogP contribution in [0.5, 0.6) is 0 Å². The molecule has 0 bridgehead atoms. The molecule has 2 heterocycles. The summed E-state index contributed by atoms with van der Waals surface area (Å²) in [6, 6.07) is 43.4. The monoisotopic (exact) mass is 737 g/mol. The van der Waals surface area contributed by atoms with Crippen molar-refractivity contribution in [3.05, 3.63) is 144 Å². The number of H-pyrrole nitrogens is 1. The van der Waals surface area contributed by atoms with Crippen LogP contribution in [0.3, 0.4) is 0 Å². The molecule has 0 amide bonds. The van der Waals surface area contributed by atoms with Crippen molar-refractivity contribution in [3.63, 3.8) is 0 Å². The van der Waals surface area contributed by atoms with Crippen molar-refractivity contribution in [3.8, 4) is 0 Å². The quantitative estimate of drug-likeness (QED) is 0.151. The fourth-order valence-corrected chi connectivity index (χ4v) is 18.5. The SMILES string of the molecule is CC(C)(C)[Si](OC[C@H]1SC(Nc2ccnc(=O)[nH]2)[C@@H](F)[C@@H]1O[Si](c1ccccc1)(c1ccccc1)C(C)(C)C)(c1ccccc1)c1ccccc1. The largest absolute Gasteiger partial charge is 0.406 e. The molecule has 51 heavy (non-hydrogen) atoms. The number of nitrogens with one attached hydrogen (secondary N) is 2. The molecule has 1 saturated heterocycles. The van der Waals surface area contributed by atoms with Crippen LogP contribution in [-0.2, 0) is 8.85 Å². The fraction of sp³-hybridized carbons (Fsp3) is 0.317. The molecule has 1 aliphatic heterocycles. The van der Waals surface area contributed by atoms with E-state index in [0.29, 0.717) is 5.82 Å². The Kier molecular flexibility index (Phi) is 10.9. The zero-order valence-electron chi connectivity index (χ0n) is 30.2. The third-order valence-corrected chi connectivity index (χ3v) is 21.3. The van der Waals surface area contributed by atoms with Crippen LogP contribution >= 0.6 is 11.8 Å². The Bertz CT molecular complexity index is 1840. The lowest BCUT2D eigenvalue weighted by Gasteiger charge is -2.46. The molecule has 4 atom stereocenters. The Morgan fingerprint density at radius 3 is 1.55 bits per heavy atom. The first-order valence-electron chi connectivity index (χ1n) is 17.5. The van der Waals surface area contributed by atoms with Crippen molar-refractivity contribution in [1.82, 2.24) is 9.97 Å². The number of rotatable bonds is 11. The maximum atomic E-state index is 17.4. The summed E-state index contributed by atoms with van der Waals surface area (Å²) < 4.78 is 32.4. The summed E-state index contributed by atoms with van der Waals surface area (Å²) in [5, 5.41) is 6.07. The van der Waals surface area contributed by atoms with E-state index in [1.165, 1.54) is 18.0 Å². The van der Waals surface area contributed by atoms with Crippen LogP contribution in [0.1, 0.15) is 41.5 Å². The van der Waals surface area contributed by atoms with E-state index < -0.39 is 40.0 Å². The van der Waals surface area contributed by atoms with Crippen molar-refractivity contribution in [2.45, 2.75) is 74.5 Å². The molecule has 1 aliphatic rings. The van der Waals surface area contributed by atoms with Crippen LogP contribution in [-0.4, -0.2) is 56.1 Å². The van der Waals surface area contributed by atoms with E-state index in [1.54, 1.807) is 6.07 Å². The molecule has 10 heteroatoms. The molecule has 6 rings (SSSR count). The van der Waals surface area contributed by atoms with Gasteiger partial charge in [0.05, 0.1) is 11.4 Å². The lowest BCUT2D eigenvalue weighted by atomic mass is 10.1. The van der Waals surface area contributed by atoms with Crippen LogP contribution in [0.2, 0.25) is 10.1 Å². The van der Waals surface area contributed by atoms with Gasteiger partial charge in [-0.2, -0.15) is 0 Å². The first-order chi connectivity index (χ1) is 24.4. The zero-order chi connectivity index (χ0) is 36.3. The number of alkyl halides is 1. The minimum absolute atomic E-state index is 0.253. The van der Waals surface area contributed by atoms with Gasteiger partial charge >= 0.3 is 5.69 Å². The number of halogens is 1. The predicted octanol–water partition coefficient (Wildman–Crippen LogP) is 6.48. The van der Waals surface area contributed by atoms with Gasteiger partial charge in [0.2, 0.25) is 0 Å². The molecule has 0 radical (unpaired) electrons. The van der Waals surface area contributed by atoms with E-state index in [0.717, 1.165) is 20.7 Å². The average Bonchev–Trinajstić information content (AvgIpc) is 3.40. The summed E-state index contributed by atoms with van der Waals surface area (Å²) in [5.74, 6) is 0.410. The highest BCUT2D eigenvalue weighted by Crippen LogP contribution is 2.45. The van der Waals surface area contributed by atoms with Crippen molar-refractivity contribution in [1.29, 1.82) is 0 Å². The molecule has 6 nitrogen and oxygen atoms in total. The van der Waals surface area contributed by atoms with Gasteiger partial charge in [-0.15, -0.1) is 11.8 Å². The number of thioether (sulfide) groups is 1. The second kappa shape index (κ2) is 15.0. The first kappa shape index (κ1) is 37.0. The summed E-state index contributed by atoms with van der Waals surface area (Å²) in [5.41, 5.74) is -0.495. The maximum absolute atomic E-state index is 17.4. The van der Waals surface area contributed by atoms with E-state index in [2.05, 4.69) is 130 Å². The molecule has 0 aliphatic carbocycles. The number of benzene rings is 4. The molecule has 1 aromatic heterocycles. The fourth-order valence-electron chi connectivity index (χ4n) is 7.58. The second-order valence-electron chi connectivity index (χ2n) is 15.2. The third kappa shape index (κ3) is 7.30. The number of nitrogens with zero attached hydrogens (tertiary/aromatic N) is 1. The first-order valence-corrected chi connectivity index (χ1v) is 22.3. The number of anilines is 1. The Hall–Kier alpha value is -3.81. The summed E-state index contributed by atoms with van der Waals surface area (Å²) in [6.07, 6.45) is -0.833. The van der Waals surface area contributed by atoms with Crippen LogP contribution < -0.4 is 31.8 Å². The molecular formula is C41H48FN3O3SSi2. The molecule has 0 spiro atoms. The Balaban J connectivity index is 1.47. The van der Waals surface area contributed by atoms with Crippen molar-refractivity contribution < 1.29 is 13.2 Å². The summed E-state index contributed by atoms with van der Waals surface area (Å²) in [4.78, 5) is 18.6. The molecular weight excluding hydrogens is 690 g/mol. The highest BCUT2D eigenvalue weighted by atomic mass is 32.2. The van der Waals surface area contributed by atoms with Crippen LogP contribution in [0.25, 0.3) is 0 Å². The van der Waals surface area contributed by atoms with Gasteiger partial charge in [-0.1, -0.05) is 163 Å². The number of aromatic amines is 1. The highest BCUT2D eigenvalue weighted by Gasteiger charge is 2.57. The summed E-state index contributed by atoms with van der Waals surface area (Å²) in [7, 11) is -6.11. The average molecular weight is 738 g/mol. The van der Waals surface area contributed by atoms with Gasteiger partial charge in [0.1, 0.15) is 11.2 Å². The van der Waals surface area contributed by atoms with E-state index in [4.69, 9.17) is 8.85 Å². The van der Waals surface area contributed by atoms with Gasteiger partial charge < -0.3 is 14.2 Å². The predicted molar refractivity (Wildman–Crippen MR) is 215 cm³/mol. The Morgan fingerprint density at radius 1 is 0.706 bits per heavy atom. The number of aromatic nitrogens is 2. The minimum atomic E-state index is -3.16. The van der Waals surface area contributed by atoms with Gasteiger partial charge in [-0.05, 0) is 36.9 Å². The van der Waals surface area contributed by atoms with Gasteiger partial charge in [-0.3, -0.25) is 4.98 Å². The molecule has 0 saturated carbocycles. The van der Waals surface area contributed by atoms with Crippen LogP contribution in [0.4, 0.5) is 10.2 Å². The molecule has 4 aromatic carbocycles. The lowest BCUT2D eigenvalue weighted by molar-refractivity contribution is 0.0875. The summed E-state index contributed by atoms with van der Waals surface area (Å²) >= 11 is 1.48. The van der Waals surface area contributed by atoms with Gasteiger partial charge in [0.25, 0.3) is 16.6 Å². The van der Waals surface area contributed by atoms with Gasteiger partial charge in [0, 0.05) is 12.8 Å². The normalized spacial score (nSPS) is 19.9. The standard InChI is InChI=1S/C41H48FN3O3SSi2/c1-40(2,3)50(30-19-11-7-12-20-30,31-21-13-8-14-22-31)47-29-34-37(36(42)38(49-34)44-35-27-28-43-39(46)45-35)48-51(41(4,5)6,32-23-15-9-16-24-32)33-25-17-10-18-26-33/h7-28,34,36-38H,29H2,1-6H3,(H2,43,44,45,46)/t34-,36+,37-,38?/m1/s1. The van der Waals surface area contributed by atoms with E-state index in [-0.39, 0.29) is 21.9 Å². The molecule has 2 N–H and O–H groups in total. The van der Waals surface area contributed by atoms with Crippen molar-refractivity contribution in [2.24, 2.45) is 0 Å². The van der Waals surface area contributed by atoms with E-state index in [9.17, 15) is 4.79 Å². The van der Waals surface area contributed by atoms with Crippen molar-refractivity contribution >= 4 is 55.0 Å². The number of hydrogen-bond donors (Lipinski definition) is 2. The Labute approximate surface area is 307 Å². The van der Waals surface area contributed by atoms with Crippen LogP contribution in [0.15, 0.2) is 138 Å². The second-order valence-corrected chi connectivity index (χ2v) is 25.1. The Morgan fingerprint density at radius 2 is 1.14 bits per heavy atom. The molecule has 266 valence electrons. The number of hydrogen-bond acceptors (Lipinski definition) is 6. The third-order valence-electron chi connectivity index (χ3n) is 9.87. The summed E-state index contributed by atoms with van der Waals surface area (Å²) in [6.45, 7) is 13.6. The van der Waals surface area contributed by atoms with Crippen LogP contribution in [0, 0.1) is 0 Å². The molecule has 1 unspecified atom stereocenters. The minimum Gasteiger partial charge on any atom is -0.406 e. The van der Waals surface area contributed by atoms with E-state index in [1.807, 2.05) is 48.5 Å². The van der Waals surface area contributed by atoms with E-state index >= 15 is 4.39 Å². The molecule has 1 fully saturated rings.